The van der Waals surface area contributed by atoms with E-state index in [0.717, 1.165) is 23.3 Å². The zero-order valence-corrected chi connectivity index (χ0v) is 6.83. The minimum absolute atomic E-state index is 0.870. The first kappa shape index (κ1) is 7.09. The van der Waals surface area contributed by atoms with E-state index in [-0.39, 0.29) is 0 Å². The smallest absolute Gasteiger partial charge is 0.157 e. The number of anilines is 1. The molecule has 4 heteroatoms. The molecular formula is C8H10N4. The molecule has 0 radical (unpaired) electrons. The van der Waals surface area contributed by atoms with Gasteiger partial charge in [0.1, 0.15) is 0 Å². The average Bonchev–Trinajstić information content (AvgIpc) is 2.50. The summed E-state index contributed by atoms with van der Waals surface area (Å²) in [5, 5.41) is 11.2. The second kappa shape index (κ2) is 2.81. The van der Waals surface area contributed by atoms with Gasteiger partial charge in [-0.3, -0.25) is 10.1 Å². The molecule has 0 saturated heterocycles. The Kier molecular flexibility index (Phi) is 1.66. The number of aromatic amines is 1. The Morgan fingerprint density at radius 2 is 2.50 bits per heavy atom. The van der Waals surface area contributed by atoms with Gasteiger partial charge in [0, 0.05) is 18.9 Å². The Labute approximate surface area is 70.0 Å². The third-order valence-corrected chi connectivity index (χ3v) is 1.71. The van der Waals surface area contributed by atoms with Crippen molar-refractivity contribution in [1.29, 1.82) is 0 Å². The van der Waals surface area contributed by atoms with Crippen molar-refractivity contribution in [1.82, 2.24) is 15.2 Å². The molecule has 0 saturated carbocycles. The molecule has 0 bridgehead atoms. The number of H-pyrrole nitrogens is 1. The maximum atomic E-state index is 4.11. The fourth-order valence-corrected chi connectivity index (χ4v) is 1.16. The van der Waals surface area contributed by atoms with Gasteiger partial charge in [-0.15, -0.1) is 0 Å². The predicted molar refractivity (Wildman–Crippen MR) is 48.1 cm³/mol. The largest absolute Gasteiger partial charge is 0.368 e. The molecule has 0 aliphatic carbocycles. The van der Waals surface area contributed by atoms with Gasteiger partial charge < -0.3 is 5.32 Å². The van der Waals surface area contributed by atoms with E-state index in [9.17, 15) is 0 Å². The summed E-state index contributed by atoms with van der Waals surface area (Å²) in [6.07, 6.45) is 3.55. The van der Waals surface area contributed by atoms with Crippen molar-refractivity contribution in [2.75, 3.05) is 11.9 Å². The lowest BCUT2D eigenvalue weighted by molar-refractivity contribution is 1.08. The zero-order valence-electron chi connectivity index (χ0n) is 6.83. The third kappa shape index (κ3) is 1.01. The van der Waals surface area contributed by atoms with Gasteiger partial charge in [-0.25, -0.2) is 0 Å². The summed E-state index contributed by atoms with van der Waals surface area (Å²) in [5.41, 5.74) is 1.01. The minimum atomic E-state index is 0.870. The first-order valence-electron chi connectivity index (χ1n) is 3.93. The molecule has 0 aliphatic rings. The van der Waals surface area contributed by atoms with Crippen LogP contribution in [0.15, 0.2) is 18.5 Å². The lowest BCUT2D eigenvalue weighted by Gasteiger charge is -1.95. The zero-order chi connectivity index (χ0) is 8.39. The second-order valence-corrected chi connectivity index (χ2v) is 2.52. The third-order valence-electron chi connectivity index (χ3n) is 1.71. The van der Waals surface area contributed by atoms with Crippen LogP contribution in [0.5, 0.6) is 0 Å². The van der Waals surface area contributed by atoms with E-state index in [1.54, 1.807) is 12.4 Å². The van der Waals surface area contributed by atoms with Crippen LogP contribution < -0.4 is 5.32 Å². The molecule has 2 aromatic heterocycles. The van der Waals surface area contributed by atoms with Crippen LogP contribution in [0.4, 0.5) is 5.82 Å². The normalized spacial score (nSPS) is 10.4. The summed E-state index contributed by atoms with van der Waals surface area (Å²) >= 11 is 0. The van der Waals surface area contributed by atoms with Gasteiger partial charge in [0.2, 0.25) is 0 Å². The van der Waals surface area contributed by atoms with Crippen molar-refractivity contribution in [3.05, 3.63) is 18.5 Å². The van der Waals surface area contributed by atoms with Gasteiger partial charge in [-0.1, -0.05) is 0 Å². The molecule has 2 heterocycles. The van der Waals surface area contributed by atoms with E-state index in [1.807, 2.05) is 13.0 Å². The van der Waals surface area contributed by atoms with Gasteiger partial charge in [0.05, 0.1) is 10.9 Å². The molecular weight excluding hydrogens is 152 g/mol. The first-order valence-corrected chi connectivity index (χ1v) is 3.93. The summed E-state index contributed by atoms with van der Waals surface area (Å²) in [6.45, 7) is 2.91. The fraction of sp³-hybridized carbons (Fsp3) is 0.250. The van der Waals surface area contributed by atoms with Crippen LogP contribution in [-0.4, -0.2) is 21.7 Å². The SMILES string of the molecule is CCNc1n[nH]c2ccncc12. The Bertz CT molecular complexity index is 379. The van der Waals surface area contributed by atoms with E-state index in [4.69, 9.17) is 0 Å². The Hall–Kier alpha value is -1.58. The van der Waals surface area contributed by atoms with Crippen molar-refractivity contribution in [3.63, 3.8) is 0 Å². The van der Waals surface area contributed by atoms with Crippen LogP contribution in [0.1, 0.15) is 6.92 Å². The highest BCUT2D eigenvalue weighted by Crippen LogP contribution is 2.17. The Morgan fingerprint density at radius 1 is 1.58 bits per heavy atom. The molecule has 2 aromatic rings. The van der Waals surface area contributed by atoms with E-state index in [2.05, 4.69) is 20.5 Å². The number of hydrogen-bond acceptors (Lipinski definition) is 3. The first-order chi connectivity index (χ1) is 5.92. The molecule has 0 spiro atoms. The quantitative estimate of drug-likeness (QED) is 0.701. The lowest BCUT2D eigenvalue weighted by atomic mass is 10.3. The number of hydrogen-bond donors (Lipinski definition) is 2. The molecule has 4 nitrogen and oxygen atoms in total. The molecule has 62 valence electrons. The fourth-order valence-electron chi connectivity index (χ4n) is 1.16. The van der Waals surface area contributed by atoms with Gasteiger partial charge in [0.25, 0.3) is 0 Å². The van der Waals surface area contributed by atoms with Gasteiger partial charge in [-0.05, 0) is 13.0 Å². The summed E-state index contributed by atoms with van der Waals surface area (Å²) in [7, 11) is 0. The molecule has 12 heavy (non-hydrogen) atoms. The number of pyridine rings is 1. The van der Waals surface area contributed by atoms with Crippen molar-refractivity contribution < 1.29 is 0 Å². The van der Waals surface area contributed by atoms with Crippen LogP contribution in [0.2, 0.25) is 0 Å². The number of fused-ring (bicyclic) bond motifs is 1. The summed E-state index contributed by atoms with van der Waals surface area (Å²) in [5.74, 6) is 0.876. The van der Waals surface area contributed by atoms with Crippen molar-refractivity contribution in [2.24, 2.45) is 0 Å². The average molecular weight is 162 g/mol. The Morgan fingerprint density at radius 3 is 3.33 bits per heavy atom. The predicted octanol–water partition coefficient (Wildman–Crippen LogP) is 1.39. The second-order valence-electron chi connectivity index (χ2n) is 2.52. The number of nitrogens with one attached hydrogen (secondary N) is 2. The van der Waals surface area contributed by atoms with Crippen LogP contribution in [0.3, 0.4) is 0 Å². The summed E-state index contributed by atoms with van der Waals surface area (Å²) < 4.78 is 0. The minimum Gasteiger partial charge on any atom is -0.368 e. The van der Waals surface area contributed by atoms with Gasteiger partial charge in [0.15, 0.2) is 5.82 Å². The topological polar surface area (TPSA) is 53.6 Å². The van der Waals surface area contributed by atoms with Crippen LogP contribution in [-0.2, 0) is 0 Å². The monoisotopic (exact) mass is 162 g/mol. The highest BCUT2D eigenvalue weighted by molar-refractivity contribution is 5.88. The van der Waals surface area contributed by atoms with Crippen LogP contribution >= 0.6 is 0 Å². The lowest BCUT2D eigenvalue weighted by Crippen LogP contribution is -1.96. The molecule has 0 unspecified atom stereocenters. The molecule has 2 rings (SSSR count). The summed E-state index contributed by atoms with van der Waals surface area (Å²) in [4.78, 5) is 4.03. The van der Waals surface area contributed by atoms with Crippen LogP contribution in [0.25, 0.3) is 10.9 Å². The number of rotatable bonds is 2. The van der Waals surface area contributed by atoms with Gasteiger partial charge in [-0.2, -0.15) is 5.10 Å². The van der Waals surface area contributed by atoms with Crippen molar-refractivity contribution >= 4 is 16.7 Å². The van der Waals surface area contributed by atoms with E-state index in [1.165, 1.54) is 0 Å². The van der Waals surface area contributed by atoms with Crippen molar-refractivity contribution in [2.45, 2.75) is 6.92 Å². The highest BCUT2D eigenvalue weighted by Gasteiger charge is 2.01. The van der Waals surface area contributed by atoms with E-state index < -0.39 is 0 Å². The van der Waals surface area contributed by atoms with Gasteiger partial charge >= 0.3 is 0 Å². The van der Waals surface area contributed by atoms with Crippen LogP contribution in [0, 0.1) is 0 Å². The number of aromatic nitrogens is 3. The van der Waals surface area contributed by atoms with E-state index in [0.29, 0.717) is 0 Å². The molecule has 0 fully saturated rings. The Balaban J connectivity index is 2.55. The van der Waals surface area contributed by atoms with E-state index >= 15 is 0 Å². The maximum Gasteiger partial charge on any atom is 0.157 e. The number of nitrogens with zero attached hydrogens (tertiary/aromatic N) is 2. The highest BCUT2D eigenvalue weighted by atomic mass is 15.2. The molecule has 0 atom stereocenters. The molecule has 0 aromatic carbocycles. The molecule has 0 amide bonds. The maximum absolute atomic E-state index is 4.11. The van der Waals surface area contributed by atoms with Crippen molar-refractivity contribution in [3.8, 4) is 0 Å². The molecule has 0 aliphatic heterocycles. The standard InChI is InChI=1S/C8H10N4/c1-2-10-8-6-5-9-4-3-7(6)11-12-8/h3-5H,2H2,1H3,(H2,10,11,12). The molecule has 2 N–H and O–H groups in total. The summed E-state index contributed by atoms with van der Waals surface area (Å²) in [6, 6.07) is 1.91.